The Bertz CT molecular complexity index is 805. The van der Waals surface area contributed by atoms with Crippen molar-refractivity contribution >= 4 is 18.6 Å². The minimum Gasteiger partial charge on any atom is -0.474 e. The van der Waals surface area contributed by atoms with Crippen LogP contribution < -0.4 is 9.47 Å². The smallest absolute Gasteiger partial charge is 0.335 e. The van der Waals surface area contributed by atoms with Crippen molar-refractivity contribution in [3.05, 3.63) is 23.8 Å². The van der Waals surface area contributed by atoms with E-state index in [0.29, 0.717) is 49.2 Å². The summed E-state index contributed by atoms with van der Waals surface area (Å²) in [5.74, 6) is 0.820. The van der Waals surface area contributed by atoms with Crippen molar-refractivity contribution in [1.29, 1.82) is 0 Å². The number of hydrogen-bond donors (Lipinski definition) is 0. The van der Waals surface area contributed by atoms with E-state index in [1.807, 2.05) is 18.2 Å². The van der Waals surface area contributed by atoms with Crippen molar-refractivity contribution in [3.63, 3.8) is 0 Å². The molecule has 0 aliphatic carbocycles. The molecule has 0 aliphatic heterocycles. The van der Waals surface area contributed by atoms with Gasteiger partial charge in [0.25, 0.3) is 11.8 Å². The van der Waals surface area contributed by atoms with Gasteiger partial charge in [0, 0.05) is 0 Å². The van der Waals surface area contributed by atoms with Gasteiger partial charge in [-0.3, -0.25) is 4.57 Å². The highest BCUT2D eigenvalue weighted by Crippen LogP contribution is 2.51. The van der Waals surface area contributed by atoms with E-state index >= 15 is 0 Å². The molecule has 7 nitrogen and oxygen atoms in total. The van der Waals surface area contributed by atoms with Gasteiger partial charge in [0.15, 0.2) is 0 Å². The first kappa shape index (κ1) is 23.6. The van der Waals surface area contributed by atoms with E-state index in [4.69, 9.17) is 18.5 Å². The second kappa shape index (κ2) is 12.1. The van der Waals surface area contributed by atoms with Crippen LogP contribution in [0.25, 0.3) is 11.0 Å². The molecule has 2 aromatic rings. The average molecular weight is 424 g/mol. The van der Waals surface area contributed by atoms with Crippen LogP contribution in [-0.2, 0) is 19.8 Å². The first-order valence-electron chi connectivity index (χ1n) is 10.5. The SMILES string of the molecule is CCCCOc1nc2ccc(CP(=O)(OCC)OCC)cc2nc1OCCCC. The summed E-state index contributed by atoms with van der Waals surface area (Å²) < 4.78 is 35.3. The summed E-state index contributed by atoms with van der Waals surface area (Å²) in [7, 11) is -3.18. The topological polar surface area (TPSA) is 79.8 Å². The van der Waals surface area contributed by atoms with Crippen molar-refractivity contribution in [1.82, 2.24) is 9.97 Å². The molecular weight excluding hydrogens is 391 g/mol. The van der Waals surface area contributed by atoms with Gasteiger partial charge in [-0.1, -0.05) is 32.8 Å². The molecule has 0 saturated carbocycles. The molecule has 0 aliphatic rings. The molecule has 0 radical (unpaired) electrons. The second-order valence-corrected chi connectivity index (χ2v) is 8.72. The van der Waals surface area contributed by atoms with Crippen molar-refractivity contribution in [2.75, 3.05) is 26.4 Å². The zero-order chi connectivity index (χ0) is 21.1. The van der Waals surface area contributed by atoms with E-state index in [9.17, 15) is 4.57 Å². The van der Waals surface area contributed by atoms with E-state index in [-0.39, 0.29) is 6.16 Å². The van der Waals surface area contributed by atoms with Crippen LogP contribution in [0.2, 0.25) is 0 Å². The average Bonchev–Trinajstić information content (AvgIpc) is 2.69. The molecule has 0 bridgehead atoms. The van der Waals surface area contributed by atoms with Gasteiger partial charge in [0.2, 0.25) is 0 Å². The first-order chi connectivity index (χ1) is 14.0. The first-order valence-corrected chi connectivity index (χ1v) is 12.2. The van der Waals surface area contributed by atoms with E-state index in [0.717, 1.165) is 31.2 Å². The van der Waals surface area contributed by atoms with Gasteiger partial charge in [0.05, 0.1) is 43.6 Å². The van der Waals surface area contributed by atoms with E-state index in [2.05, 4.69) is 23.8 Å². The summed E-state index contributed by atoms with van der Waals surface area (Å²) in [4.78, 5) is 9.22. The minimum absolute atomic E-state index is 0.188. The molecule has 1 aromatic heterocycles. The van der Waals surface area contributed by atoms with Gasteiger partial charge in [0.1, 0.15) is 0 Å². The molecule has 0 saturated heterocycles. The summed E-state index contributed by atoms with van der Waals surface area (Å²) in [6.07, 6.45) is 4.13. The van der Waals surface area contributed by atoms with E-state index in [1.165, 1.54) is 0 Å². The minimum atomic E-state index is -3.18. The quantitative estimate of drug-likeness (QED) is 0.282. The van der Waals surface area contributed by atoms with Gasteiger partial charge in [-0.25, -0.2) is 9.97 Å². The Hall–Kier alpha value is -1.69. The largest absolute Gasteiger partial charge is 0.474 e. The Kier molecular flexibility index (Phi) is 9.85. The third-order valence-electron chi connectivity index (χ3n) is 4.17. The van der Waals surface area contributed by atoms with E-state index < -0.39 is 7.60 Å². The number of ether oxygens (including phenoxy) is 2. The lowest BCUT2D eigenvalue weighted by molar-refractivity contribution is 0.219. The van der Waals surface area contributed by atoms with Crippen LogP contribution in [0.15, 0.2) is 18.2 Å². The molecule has 29 heavy (non-hydrogen) atoms. The fourth-order valence-corrected chi connectivity index (χ4v) is 4.41. The fraction of sp³-hybridized carbons (Fsp3) is 0.619. The lowest BCUT2D eigenvalue weighted by Gasteiger charge is -2.17. The maximum Gasteiger partial charge on any atom is 0.335 e. The molecular formula is C21H33N2O5P. The van der Waals surface area contributed by atoms with Crippen LogP contribution in [0.1, 0.15) is 58.9 Å². The highest BCUT2D eigenvalue weighted by molar-refractivity contribution is 7.53. The van der Waals surface area contributed by atoms with Crippen LogP contribution in [0.3, 0.4) is 0 Å². The number of aromatic nitrogens is 2. The summed E-state index contributed by atoms with van der Waals surface area (Å²) in [5, 5.41) is 0. The monoisotopic (exact) mass is 424 g/mol. The normalized spacial score (nSPS) is 11.7. The van der Waals surface area contributed by atoms with Crippen LogP contribution in [0.4, 0.5) is 0 Å². The Morgan fingerprint density at radius 2 is 1.38 bits per heavy atom. The van der Waals surface area contributed by atoms with Gasteiger partial charge < -0.3 is 18.5 Å². The molecule has 0 N–H and O–H groups in total. The summed E-state index contributed by atoms with van der Waals surface area (Å²) in [5.41, 5.74) is 2.18. The van der Waals surface area contributed by atoms with Crippen LogP contribution in [0, 0.1) is 0 Å². The number of fused-ring (bicyclic) bond motifs is 1. The van der Waals surface area contributed by atoms with Gasteiger partial charge >= 0.3 is 7.60 Å². The highest BCUT2D eigenvalue weighted by atomic mass is 31.2. The Balaban J connectivity index is 2.31. The maximum atomic E-state index is 12.8. The Morgan fingerprint density at radius 1 is 0.828 bits per heavy atom. The lowest BCUT2D eigenvalue weighted by Crippen LogP contribution is -2.06. The zero-order valence-corrected chi connectivity index (χ0v) is 18.9. The molecule has 1 heterocycles. The van der Waals surface area contributed by atoms with Gasteiger partial charge in [-0.2, -0.15) is 0 Å². The Labute approximate surface area is 173 Å². The molecule has 0 unspecified atom stereocenters. The predicted molar refractivity (Wildman–Crippen MR) is 115 cm³/mol. The summed E-state index contributed by atoms with van der Waals surface area (Å²) in [6, 6.07) is 5.58. The maximum absolute atomic E-state index is 12.8. The number of unbranched alkanes of at least 4 members (excludes halogenated alkanes) is 2. The molecule has 0 atom stereocenters. The van der Waals surface area contributed by atoms with Crippen LogP contribution in [-0.4, -0.2) is 36.4 Å². The van der Waals surface area contributed by atoms with Crippen LogP contribution >= 0.6 is 7.60 Å². The second-order valence-electron chi connectivity index (χ2n) is 6.67. The van der Waals surface area contributed by atoms with Crippen molar-refractivity contribution < 1.29 is 23.1 Å². The zero-order valence-electron chi connectivity index (χ0n) is 18.0. The fourth-order valence-electron chi connectivity index (χ4n) is 2.73. The van der Waals surface area contributed by atoms with Gasteiger partial charge in [-0.05, 0) is 44.4 Å². The molecule has 2 rings (SSSR count). The molecule has 8 heteroatoms. The third kappa shape index (κ3) is 7.25. The number of nitrogens with zero attached hydrogens (tertiary/aromatic N) is 2. The number of benzene rings is 1. The molecule has 0 fully saturated rings. The standard InChI is InChI=1S/C21H33N2O5P/c1-5-9-13-25-20-21(26-14-10-6-2)23-19-15-17(11-12-18(19)22-20)16-29(24,27-7-3)28-8-4/h11-12,15H,5-10,13-14,16H2,1-4H3. The molecule has 0 amide bonds. The van der Waals surface area contributed by atoms with Gasteiger partial charge in [-0.15, -0.1) is 0 Å². The molecule has 162 valence electrons. The number of hydrogen-bond acceptors (Lipinski definition) is 7. The summed E-state index contributed by atoms with van der Waals surface area (Å²) >= 11 is 0. The van der Waals surface area contributed by atoms with Crippen molar-refractivity contribution in [2.45, 2.75) is 59.5 Å². The Morgan fingerprint density at radius 3 is 1.90 bits per heavy atom. The third-order valence-corrected chi connectivity index (χ3v) is 6.22. The van der Waals surface area contributed by atoms with Crippen molar-refractivity contribution in [3.8, 4) is 11.8 Å². The number of rotatable bonds is 14. The summed E-state index contributed by atoms with van der Waals surface area (Å²) in [6.45, 7) is 9.62. The van der Waals surface area contributed by atoms with E-state index in [1.54, 1.807) is 13.8 Å². The molecule has 1 aromatic carbocycles. The lowest BCUT2D eigenvalue weighted by atomic mass is 10.2. The predicted octanol–water partition coefficient (Wildman–Crippen LogP) is 5.75. The van der Waals surface area contributed by atoms with Crippen LogP contribution in [0.5, 0.6) is 11.8 Å². The van der Waals surface area contributed by atoms with Crippen molar-refractivity contribution in [2.24, 2.45) is 0 Å². The molecule has 0 spiro atoms. The highest BCUT2D eigenvalue weighted by Gasteiger charge is 2.24.